The number of carbonyl (C=O) groups is 1. The number of fused-ring (bicyclic) bond motifs is 1. The average molecular weight is 376 g/mol. The highest BCUT2D eigenvalue weighted by Crippen LogP contribution is 2.11. The molecule has 7 heteroatoms. The van der Waals surface area contributed by atoms with Crippen LogP contribution in [0.15, 0.2) is 54.9 Å². The Morgan fingerprint density at radius 1 is 1.18 bits per heavy atom. The number of piperidine rings is 1. The average Bonchev–Trinajstić information content (AvgIpc) is 3.20. The molecule has 7 nitrogen and oxygen atoms in total. The summed E-state index contributed by atoms with van der Waals surface area (Å²) in [5.74, 6) is 0. The van der Waals surface area contributed by atoms with E-state index in [1.54, 1.807) is 30.6 Å². The maximum Gasteiger partial charge on any atom is 0.319 e. The van der Waals surface area contributed by atoms with Gasteiger partial charge in [0, 0.05) is 11.7 Å². The number of nitrogens with zero attached hydrogens (tertiary/aromatic N) is 3. The van der Waals surface area contributed by atoms with Crippen molar-refractivity contribution in [2.24, 2.45) is 0 Å². The lowest BCUT2D eigenvalue weighted by molar-refractivity contribution is 0.221. The summed E-state index contributed by atoms with van der Waals surface area (Å²) >= 11 is 0. The van der Waals surface area contributed by atoms with Gasteiger partial charge in [-0.05, 0) is 69.4 Å². The van der Waals surface area contributed by atoms with Gasteiger partial charge in [-0.2, -0.15) is 5.26 Å². The number of anilines is 1. The summed E-state index contributed by atoms with van der Waals surface area (Å²) in [6.07, 6.45) is 3.67. The molecule has 4 rings (SSSR count). The van der Waals surface area contributed by atoms with Gasteiger partial charge in [-0.1, -0.05) is 12.1 Å². The van der Waals surface area contributed by atoms with Crippen molar-refractivity contribution in [2.75, 3.05) is 25.5 Å². The number of benzene rings is 2. The summed E-state index contributed by atoms with van der Waals surface area (Å²) in [4.78, 5) is 21.1. The van der Waals surface area contributed by atoms with Crippen molar-refractivity contribution in [1.29, 1.82) is 5.26 Å². The molecule has 2 aromatic carbocycles. The third-order valence-electron chi connectivity index (χ3n) is 4.65. The highest BCUT2D eigenvalue weighted by atomic mass is 16.2. The van der Waals surface area contributed by atoms with E-state index in [4.69, 9.17) is 5.26 Å². The SMILES string of the molecule is CN1CCC(NC(=O)Nc2ccc(C#N)cc2)CC1.c1ccc2[nH]cnc2c1. The number of hydrogen-bond donors (Lipinski definition) is 3. The molecule has 0 radical (unpaired) electrons. The molecule has 1 aromatic heterocycles. The van der Waals surface area contributed by atoms with Crippen LogP contribution in [-0.2, 0) is 0 Å². The van der Waals surface area contributed by atoms with Gasteiger partial charge >= 0.3 is 6.03 Å². The van der Waals surface area contributed by atoms with Gasteiger partial charge in [-0.3, -0.25) is 0 Å². The first-order chi connectivity index (χ1) is 13.6. The summed E-state index contributed by atoms with van der Waals surface area (Å²) in [6, 6.07) is 16.9. The number of H-pyrrole nitrogens is 1. The number of carbonyl (C=O) groups excluding carboxylic acids is 1. The zero-order chi connectivity index (χ0) is 19.8. The third kappa shape index (κ3) is 5.56. The number of hydrogen-bond acceptors (Lipinski definition) is 4. The van der Waals surface area contributed by atoms with Crippen molar-refractivity contribution in [3.05, 3.63) is 60.4 Å². The number of nitrogens with one attached hydrogen (secondary N) is 3. The van der Waals surface area contributed by atoms with Gasteiger partial charge in [0.15, 0.2) is 0 Å². The number of aromatic amines is 1. The largest absolute Gasteiger partial charge is 0.345 e. The fourth-order valence-electron chi connectivity index (χ4n) is 3.01. The molecular formula is C21H24N6O. The molecule has 0 bridgehead atoms. The number of rotatable bonds is 2. The van der Waals surface area contributed by atoms with Gasteiger partial charge in [0.25, 0.3) is 0 Å². The summed E-state index contributed by atoms with van der Waals surface area (Å²) in [6.45, 7) is 2.03. The van der Waals surface area contributed by atoms with E-state index >= 15 is 0 Å². The van der Waals surface area contributed by atoms with Crippen molar-refractivity contribution in [3.8, 4) is 6.07 Å². The van der Waals surface area contributed by atoms with Crippen molar-refractivity contribution in [2.45, 2.75) is 18.9 Å². The van der Waals surface area contributed by atoms with Crippen LogP contribution in [0.1, 0.15) is 18.4 Å². The maximum atomic E-state index is 11.8. The molecule has 0 unspecified atom stereocenters. The van der Waals surface area contributed by atoms with E-state index in [1.807, 2.05) is 30.3 Å². The predicted octanol–water partition coefficient (Wildman–Crippen LogP) is 3.34. The van der Waals surface area contributed by atoms with Crippen LogP contribution in [-0.4, -0.2) is 47.1 Å². The molecule has 0 atom stereocenters. The highest BCUT2D eigenvalue weighted by molar-refractivity contribution is 5.89. The second-order valence-electron chi connectivity index (χ2n) is 6.78. The molecule has 0 aliphatic carbocycles. The molecule has 3 aromatic rings. The van der Waals surface area contributed by atoms with Crippen LogP contribution in [0.25, 0.3) is 11.0 Å². The molecule has 0 spiro atoms. The molecule has 144 valence electrons. The van der Waals surface area contributed by atoms with E-state index in [0.29, 0.717) is 11.3 Å². The molecule has 2 heterocycles. The van der Waals surface area contributed by atoms with Crippen LogP contribution in [0, 0.1) is 11.3 Å². The van der Waals surface area contributed by atoms with Gasteiger partial charge in [0.2, 0.25) is 0 Å². The number of likely N-dealkylation sites (tertiary alicyclic amines) is 1. The minimum absolute atomic E-state index is 0.181. The number of imidazole rings is 1. The molecule has 2 amide bonds. The second kappa shape index (κ2) is 9.53. The predicted molar refractivity (Wildman–Crippen MR) is 110 cm³/mol. The van der Waals surface area contributed by atoms with Crippen molar-refractivity contribution >= 4 is 22.8 Å². The Balaban J connectivity index is 0.000000206. The molecule has 0 saturated carbocycles. The molecule has 3 N–H and O–H groups in total. The van der Waals surface area contributed by atoms with Crippen LogP contribution in [0.3, 0.4) is 0 Å². The Hall–Kier alpha value is -3.37. The normalized spacial score (nSPS) is 14.6. The molecule has 1 fully saturated rings. The third-order valence-corrected chi connectivity index (χ3v) is 4.65. The Labute approximate surface area is 164 Å². The number of urea groups is 1. The van der Waals surface area contributed by atoms with Crippen LogP contribution in [0.2, 0.25) is 0 Å². The molecule has 28 heavy (non-hydrogen) atoms. The topological polar surface area (TPSA) is 96.8 Å². The first-order valence-electron chi connectivity index (χ1n) is 9.28. The number of aromatic nitrogens is 2. The maximum absolute atomic E-state index is 11.8. The molecule has 1 aliphatic rings. The van der Waals surface area contributed by atoms with Crippen LogP contribution in [0.5, 0.6) is 0 Å². The van der Waals surface area contributed by atoms with Crippen LogP contribution >= 0.6 is 0 Å². The smallest absolute Gasteiger partial charge is 0.319 e. The standard InChI is InChI=1S/C14H18N4O.C7H6N2/c1-18-8-6-13(7-9-18)17-14(19)16-12-4-2-11(10-15)3-5-12;1-2-4-7-6(3-1)8-5-9-7/h2-5,13H,6-9H2,1H3,(H2,16,17,19);1-5H,(H,8,9). The fourth-order valence-corrected chi connectivity index (χ4v) is 3.01. The van der Waals surface area contributed by atoms with Crippen molar-refractivity contribution < 1.29 is 4.79 Å². The Bertz CT molecular complexity index is 905. The summed E-state index contributed by atoms with van der Waals surface area (Å²) in [7, 11) is 2.09. The quantitative estimate of drug-likeness (QED) is 0.639. The van der Waals surface area contributed by atoms with E-state index in [0.717, 1.165) is 37.0 Å². The Morgan fingerprint density at radius 2 is 1.89 bits per heavy atom. The van der Waals surface area contributed by atoms with E-state index < -0.39 is 0 Å². The van der Waals surface area contributed by atoms with E-state index in [1.165, 1.54) is 0 Å². The molecule has 1 aliphatic heterocycles. The van der Waals surface area contributed by atoms with Gasteiger partial charge < -0.3 is 20.5 Å². The van der Waals surface area contributed by atoms with E-state index in [2.05, 4.69) is 32.5 Å². The van der Waals surface area contributed by atoms with Gasteiger partial charge in [0.1, 0.15) is 0 Å². The first-order valence-corrected chi connectivity index (χ1v) is 9.28. The lowest BCUT2D eigenvalue weighted by Gasteiger charge is -2.29. The monoisotopic (exact) mass is 376 g/mol. The lowest BCUT2D eigenvalue weighted by atomic mass is 10.1. The minimum Gasteiger partial charge on any atom is -0.345 e. The van der Waals surface area contributed by atoms with Crippen molar-refractivity contribution in [1.82, 2.24) is 20.2 Å². The van der Waals surface area contributed by atoms with Crippen molar-refractivity contribution in [3.63, 3.8) is 0 Å². The first kappa shape index (κ1) is 19.4. The Kier molecular flexibility index (Phi) is 6.60. The van der Waals surface area contributed by atoms with Gasteiger partial charge in [0.05, 0.1) is 29.0 Å². The van der Waals surface area contributed by atoms with Crippen LogP contribution in [0.4, 0.5) is 10.5 Å². The molecule has 1 saturated heterocycles. The van der Waals surface area contributed by atoms with E-state index in [-0.39, 0.29) is 12.1 Å². The summed E-state index contributed by atoms with van der Waals surface area (Å²) in [5, 5.41) is 14.4. The minimum atomic E-state index is -0.181. The van der Waals surface area contributed by atoms with Gasteiger partial charge in [-0.25, -0.2) is 9.78 Å². The van der Waals surface area contributed by atoms with E-state index in [9.17, 15) is 4.79 Å². The van der Waals surface area contributed by atoms with Crippen LogP contribution < -0.4 is 10.6 Å². The Morgan fingerprint density at radius 3 is 2.57 bits per heavy atom. The summed E-state index contributed by atoms with van der Waals surface area (Å²) in [5.41, 5.74) is 3.40. The molecular weight excluding hydrogens is 352 g/mol. The fraction of sp³-hybridized carbons (Fsp3) is 0.286. The van der Waals surface area contributed by atoms with Gasteiger partial charge in [-0.15, -0.1) is 0 Å². The second-order valence-corrected chi connectivity index (χ2v) is 6.78. The lowest BCUT2D eigenvalue weighted by Crippen LogP contribution is -2.44. The highest BCUT2D eigenvalue weighted by Gasteiger charge is 2.18. The number of amides is 2. The number of para-hydroxylation sites is 2. The zero-order valence-electron chi connectivity index (χ0n) is 15.9. The number of nitriles is 1. The summed E-state index contributed by atoms with van der Waals surface area (Å²) < 4.78 is 0. The zero-order valence-corrected chi connectivity index (χ0v) is 15.9.